The lowest BCUT2D eigenvalue weighted by molar-refractivity contribution is -0.697. The van der Waals surface area contributed by atoms with E-state index in [1.54, 1.807) is 15.7 Å². The number of aromatic nitrogens is 1. The van der Waals surface area contributed by atoms with Crippen LogP contribution in [0.1, 0.15) is 61.9 Å². The Bertz CT molecular complexity index is 936. The molecular weight excluding hydrogens is 504 g/mol. The molecule has 1 aromatic heterocycles. The van der Waals surface area contributed by atoms with Crippen LogP contribution in [0.15, 0.2) is 12.4 Å². The second-order valence-corrected chi connectivity index (χ2v) is 9.77. The van der Waals surface area contributed by atoms with Crippen LogP contribution in [0, 0.1) is 0 Å². The van der Waals surface area contributed by atoms with Crippen LogP contribution in [0.4, 0.5) is 5.69 Å². The van der Waals surface area contributed by atoms with E-state index in [-0.39, 0.29) is 30.5 Å². The van der Waals surface area contributed by atoms with Crippen molar-refractivity contribution >= 4 is 17.6 Å². The molecule has 1 aromatic rings. The molecule has 216 valence electrons. The molecule has 12 N–H and O–H groups in total. The number of pyridine rings is 1. The molecule has 14 heteroatoms. The largest absolute Gasteiger partial charge is 0.480 e. The number of hydrogen-bond donors (Lipinski definition) is 10. The van der Waals surface area contributed by atoms with Gasteiger partial charge >= 0.3 is 11.9 Å². The lowest BCUT2D eigenvalue weighted by Gasteiger charge is -2.38. The molecule has 0 fully saturated rings. The van der Waals surface area contributed by atoms with E-state index >= 15 is 0 Å². The highest BCUT2D eigenvalue weighted by Crippen LogP contribution is 2.39. The standard InChI is InChI=1S/C24H40N4O10/c25-14(23(35)36)5-1-3-7-27-9-13(20(32)22(34)18(31)12-29)19-16(10-27)28(11-17(30)21(19)33)8-4-2-6-15(26)24(37)38/h9-10,14-15,17-18,20-22,29-34H,1-8,11-12,25-26H2,(H-,35,36,37,38)/p+1/t14-,15+,17?,18?,20?,21?,22?/m1/s1. The minimum atomic E-state index is -1.79. The first-order chi connectivity index (χ1) is 17.9. The molecule has 0 saturated carbocycles. The summed E-state index contributed by atoms with van der Waals surface area (Å²) >= 11 is 0. The maximum atomic E-state index is 11.0. The minimum Gasteiger partial charge on any atom is -0.480 e. The second kappa shape index (κ2) is 14.6. The van der Waals surface area contributed by atoms with Gasteiger partial charge in [-0.3, -0.25) is 9.59 Å². The molecule has 5 unspecified atom stereocenters. The average molecular weight is 546 g/mol. The molecule has 0 bridgehead atoms. The maximum Gasteiger partial charge on any atom is 0.320 e. The van der Waals surface area contributed by atoms with Gasteiger partial charge in [0.25, 0.3) is 0 Å². The Morgan fingerprint density at radius 3 is 2.11 bits per heavy atom. The van der Waals surface area contributed by atoms with Crippen LogP contribution in [0.25, 0.3) is 0 Å². The maximum absolute atomic E-state index is 11.0. The van der Waals surface area contributed by atoms with Crippen LogP contribution < -0.4 is 20.9 Å². The van der Waals surface area contributed by atoms with Gasteiger partial charge in [-0.1, -0.05) is 0 Å². The lowest BCUT2D eigenvalue weighted by atomic mass is 9.88. The van der Waals surface area contributed by atoms with E-state index in [0.717, 1.165) is 0 Å². The molecule has 2 heterocycles. The lowest BCUT2D eigenvalue weighted by Crippen LogP contribution is -2.46. The molecule has 14 nitrogen and oxygen atoms in total. The number of carboxylic acid groups (broad SMARTS) is 2. The highest BCUT2D eigenvalue weighted by molar-refractivity contribution is 5.73. The number of unbranched alkanes of at least 4 members (excludes halogenated alkanes) is 2. The molecule has 0 radical (unpaired) electrons. The Hall–Kier alpha value is -2.43. The van der Waals surface area contributed by atoms with Crippen molar-refractivity contribution in [3.05, 3.63) is 23.5 Å². The first-order valence-corrected chi connectivity index (χ1v) is 12.7. The monoisotopic (exact) mass is 545 g/mol. The van der Waals surface area contributed by atoms with Gasteiger partial charge in [-0.25, -0.2) is 4.57 Å². The van der Waals surface area contributed by atoms with Crippen molar-refractivity contribution in [2.24, 2.45) is 11.5 Å². The Kier molecular flexibility index (Phi) is 12.3. The number of anilines is 1. The molecule has 7 atom stereocenters. The van der Waals surface area contributed by atoms with Gasteiger partial charge in [-0.15, -0.1) is 0 Å². The third-order valence-electron chi connectivity index (χ3n) is 6.82. The van der Waals surface area contributed by atoms with Crippen LogP contribution in [0.2, 0.25) is 0 Å². The minimum absolute atomic E-state index is 0.0496. The highest BCUT2D eigenvalue weighted by Gasteiger charge is 2.39. The van der Waals surface area contributed by atoms with Crippen molar-refractivity contribution in [3.8, 4) is 0 Å². The summed E-state index contributed by atoms with van der Waals surface area (Å²) in [5.74, 6) is -2.19. The van der Waals surface area contributed by atoms with Crippen LogP contribution in [0.3, 0.4) is 0 Å². The Balaban J connectivity index is 2.35. The third kappa shape index (κ3) is 8.28. The molecule has 0 spiro atoms. The van der Waals surface area contributed by atoms with Gasteiger partial charge in [0.15, 0.2) is 12.4 Å². The molecule has 1 aliphatic rings. The van der Waals surface area contributed by atoms with E-state index in [2.05, 4.69) is 0 Å². The van der Waals surface area contributed by atoms with E-state index in [1.807, 2.05) is 0 Å². The fourth-order valence-corrected chi connectivity index (χ4v) is 4.50. The van der Waals surface area contributed by atoms with Gasteiger partial charge in [0, 0.05) is 25.1 Å². The number of β-amino-alcohol motifs (C(OH)–C–C–N with tert-alkyl or cyclic N) is 1. The third-order valence-corrected chi connectivity index (χ3v) is 6.82. The van der Waals surface area contributed by atoms with Crippen molar-refractivity contribution < 1.29 is 55.0 Å². The first-order valence-electron chi connectivity index (χ1n) is 12.7. The van der Waals surface area contributed by atoms with E-state index < -0.39 is 61.1 Å². The van der Waals surface area contributed by atoms with Crippen LogP contribution >= 0.6 is 0 Å². The summed E-state index contributed by atoms with van der Waals surface area (Å²) in [6, 6.07) is -1.98. The van der Waals surface area contributed by atoms with Gasteiger partial charge in [-0.05, 0) is 32.1 Å². The van der Waals surface area contributed by atoms with E-state index in [1.165, 1.54) is 6.20 Å². The summed E-state index contributed by atoms with van der Waals surface area (Å²) in [4.78, 5) is 23.7. The fraction of sp³-hybridized carbons (Fsp3) is 0.708. The SMILES string of the molecule is N[C@H](CCCC[n+]1cc(C(O)C(O)C(O)CO)c2c(c1)N(CCCC[C@H](N)C(=O)O)CC(O)C2O)C(=O)O. The van der Waals surface area contributed by atoms with Crippen molar-refractivity contribution in [2.45, 2.75) is 87.7 Å². The summed E-state index contributed by atoms with van der Waals surface area (Å²) in [6.45, 7) is -0.0171. The van der Waals surface area contributed by atoms with Crippen molar-refractivity contribution in [1.29, 1.82) is 0 Å². The Labute approximate surface area is 220 Å². The van der Waals surface area contributed by atoms with E-state index in [0.29, 0.717) is 44.5 Å². The summed E-state index contributed by atoms with van der Waals surface area (Å²) < 4.78 is 1.69. The number of hydrogen-bond acceptors (Lipinski definition) is 11. The van der Waals surface area contributed by atoms with Crippen molar-refractivity contribution in [1.82, 2.24) is 0 Å². The highest BCUT2D eigenvalue weighted by atomic mass is 16.4. The first kappa shape index (κ1) is 31.8. The normalized spacial score (nSPS) is 21.3. The smallest absolute Gasteiger partial charge is 0.320 e. The number of aryl methyl sites for hydroxylation is 1. The number of carboxylic acids is 2. The summed E-state index contributed by atoms with van der Waals surface area (Å²) in [5, 5.41) is 79.7. The van der Waals surface area contributed by atoms with Gasteiger partial charge in [0.2, 0.25) is 0 Å². The van der Waals surface area contributed by atoms with Crippen molar-refractivity contribution in [2.75, 3.05) is 24.6 Å². The average Bonchev–Trinajstić information content (AvgIpc) is 2.89. The number of carbonyl (C=O) groups is 2. The number of nitrogens with two attached hydrogens (primary N) is 2. The van der Waals surface area contributed by atoms with Gasteiger partial charge in [0.1, 0.15) is 54.8 Å². The second-order valence-electron chi connectivity index (χ2n) is 9.77. The van der Waals surface area contributed by atoms with Crippen molar-refractivity contribution in [3.63, 3.8) is 0 Å². The van der Waals surface area contributed by atoms with Crippen LogP contribution in [0.5, 0.6) is 0 Å². The Morgan fingerprint density at radius 2 is 1.55 bits per heavy atom. The Morgan fingerprint density at radius 1 is 0.974 bits per heavy atom. The fourth-order valence-electron chi connectivity index (χ4n) is 4.50. The summed E-state index contributed by atoms with van der Waals surface area (Å²) in [6.07, 6.45) is -2.08. The molecule has 0 saturated heterocycles. The molecule has 0 amide bonds. The van der Waals surface area contributed by atoms with Gasteiger partial charge < -0.3 is 57.2 Å². The zero-order valence-electron chi connectivity index (χ0n) is 21.2. The van der Waals surface area contributed by atoms with Crippen LogP contribution in [-0.2, 0) is 16.1 Å². The zero-order valence-corrected chi connectivity index (χ0v) is 21.2. The zero-order chi connectivity index (χ0) is 28.6. The molecule has 1 aliphatic heterocycles. The quantitative estimate of drug-likeness (QED) is 0.0739. The predicted octanol–water partition coefficient (Wildman–Crippen LogP) is -2.90. The molecule has 38 heavy (non-hydrogen) atoms. The van der Waals surface area contributed by atoms with Crippen LogP contribution in [-0.4, -0.2) is 103 Å². The van der Waals surface area contributed by atoms with Gasteiger partial charge in [-0.2, -0.15) is 0 Å². The predicted molar refractivity (Wildman–Crippen MR) is 133 cm³/mol. The molecule has 0 aromatic carbocycles. The van der Waals surface area contributed by atoms with Gasteiger partial charge in [0.05, 0.1) is 12.2 Å². The summed E-state index contributed by atoms with van der Waals surface area (Å²) in [7, 11) is 0. The number of aliphatic hydroxyl groups excluding tert-OH is 6. The number of rotatable bonds is 16. The molecular formula is C24H41N4O10+. The molecule has 2 rings (SSSR count). The van der Waals surface area contributed by atoms with E-state index in [9.17, 15) is 40.2 Å². The number of aliphatic carboxylic acids is 2. The number of fused-ring (bicyclic) bond motifs is 1. The topological polar surface area (TPSA) is 255 Å². The number of nitrogens with zero attached hydrogens (tertiary/aromatic N) is 2. The number of aliphatic hydroxyl groups is 6. The van der Waals surface area contributed by atoms with E-state index in [4.69, 9.17) is 21.7 Å². The summed E-state index contributed by atoms with van der Waals surface area (Å²) in [5.41, 5.74) is 11.8. The molecule has 0 aliphatic carbocycles.